The summed E-state index contributed by atoms with van der Waals surface area (Å²) in [4.78, 5) is 0. The molecule has 1 aromatic carbocycles. The van der Waals surface area contributed by atoms with Gasteiger partial charge in [0.25, 0.3) is 0 Å². The Hall–Kier alpha value is -1.32. The third kappa shape index (κ3) is 4.50. The van der Waals surface area contributed by atoms with E-state index in [4.69, 9.17) is 23.7 Å². The number of ether oxygens (including phenoxy) is 5. The fraction of sp³-hybridized carbons (Fsp3) is 0.550. The second-order valence-electron chi connectivity index (χ2n) is 7.07. The SMILES string of the molecule is CO[C](=[Cr])C1=Cc2c(cc(OC)c(OC)c2OC)CCC1OC(C)(C)C. The van der Waals surface area contributed by atoms with Crippen LogP contribution >= 0.6 is 0 Å². The molecule has 1 aromatic rings. The molecule has 0 radical (unpaired) electrons. The molecule has 0 N–H and O–H groups in total. The number of methoxy groups -OCH3 is 4. The molecular weight excluding hydrogens is 372 g/mol. The number of hydrogen-bond acceptors (Lipinski definition) is 5. The normalized spacial score (nSPS) is 17.0. The zero-order valence-corrected chi connectivity index (χ0v) is 17.9. The molecule has 0 amide bonds. The predicted molar refractivity (Wildman–Crippen MR) is 99.0 cm³/mol. The average molecular weight is 400 g/mol. The van der Waals surface area contributed by atoms with Crippen LogP contribution in [-0.4, -0.2) is 44.7 Å². The van der Waals surface area contributed by atoms with Gasteiger partial charge in [-0.15, -0.1) is 0 Å². The van der Waals surface area contributed by atoms with Crippen LogP contribution in [-0.2, 0) is 31.7 Å². The quantitative estimate of drug-likeness (QED) is 0.731. The first-order valence-corrected chi connectivity index (χ1v) is 9.19. The van der Waals surface area contributed by atoms with Gasteiger partial charge in [0.1, 0.15) is 0 Å². The molecule has 0 aromatic heterocycles. The number of hydrogen-bond donors (Lipinski definition) is 0. The molecule has 1 atom stereocenters. The van der Waals surface area contributed by atoms with Gasteiger partial charge in [-0.1, -0.05) is 0 Å². The second kappa shape index (κ2) is 8.58. The van der Waals surface area contributed by atoms with E-state index in [0.29, 0.717) is 21.8 Å². The van der Waals surface area contributed by atoms with Gasteiger partial charge < -0.3 is 0 Å². The van der Waals surface area contributed by atoms with Crippen LogP contribution in [0, 0.1) is 0 Å². The van der Waals surface area contributed by atoms with Crippen LogP contribution in [0.15, 0.2) is 11.6 Å². The van der Waals surface area contributed by atoms with Crippen molar-refractivity contribution in [3.63, 3.8) is 0 Å². The number of benzene rings is 1. The summed E-state index contributed by atoms with van der Waals surface area (Å²) in [7, 11) is 6.53. The van der Waals surface area contributed by atoms with Gasteiger partial charge in [0.2, 0.25) is 0 Å². The summed E-state index contributed by atoms with van der Waals surface area (Å²) >= 11 is 3.01. The van der Waals surface area contributed by atoms with E-state index in [-0.39, 0.29) is 11.7 Å². The van der Waals surface area contributed by atoms with Crippen molar-refractivity contribution in [2.24, 2.45) is 0 Å². The Morgan fingerprint density at radius 1 is 1.04 bits per heavy atom. The van der Waals surface area contributed by atoms with Gasteiger partial charge in [-0.3, -0.25) is 0 Å². The zero-order valence-electron chi connectivity index (χ0n) is 16.6. The monoisotopic (exact) mass is 400 g/mol. The number of fused-ring (bicyclic) bond motifs is 1. The summed E-state index contributed by atoms with van der Waals surface area (Å²) in [5.41, 5.74) is 2.78. The Labute approximate surface area is 164 Å². The summed E-state index contributed by atoms with van der Waals surface area (Å²) in [6.07, 6.45) is 3.61. The van der Waals surface area contributed by atoms with E-state index in [1.54, 1.807) is 28.4 Å². The molecule has 0 fully saturated rings. The molecule has 0 spiro atoms. The van der Waals surface area contributed by atoms with Crippen molar-refractivity contribution in [3.05, 3.63) is 22.8 Å². The molecule has 6 heteroatoms. The third-order valence-corrected chi connectivity index (χ3v) is 4.82. The van der Waals surface area contributed by atoms with Gasteiger partial charge >= 0.3 is 164 Å². The van der Waals surface area contributed by atoms with Gasteiger partial charge in [0.15, 0.2) is 0 Å². The Balaban J connectivity index is 2.66. The van der Waals surface area contributed by atoms with Gasteiger partial charge in [0, 0.05) is 0 Å². The molecule has 5 nitrogen and oxygen atoms in total. The summed E-state index contributed by atoms with van der Waals surface area (Å²) in [6.45, 7) is 6.17. The van der Waals surface area contributed by atoms with Crippen LogP contribution < -0.4 is 14.2 Å². The molecule has 26 heavy (non-hydrogen) atoms. The average Bonchev–Trinajstić information content (AvgIpc) is 2.77. The number of aryl methyl sites for hydroxylation is 1. The molecule has 144 valence electrons. The summed E-state index contributed by atoms with van der Waals surface area (Å²) < 4.78 is 29.2. The predicted octanol–water partition coefficient (Wildman–Crippen LogP) is 3.55. The van der Waals surface area contributed by atoms with Crippen LogP contribution in [0.1, 0.15) is 38.3 Å². The van der Waals surface area contributed by atoms with Crippen molar-refractivity contribution in [2.75, 3.05) is 28.4 Å². The number of rotatable bonds is 6. The molecule has 0 bridgehead atoms. The fourth-order valence-electron chi connectivity index (χ4n) is 3.14. The standard InChI is InChI=1S/C20H28O5.Cr/c1-20(2,3)25-16-9-8-13-11-17(22-5)19(24-7)18(23-6)15(13)10-14(16)12-21-4;/h10-11,16H,8-9H2,1-7H3;. The van der Waals surface area contributed by atoms with E-state index < -0.39 is 0 Å². The maximum atomic E-state index is 6.32. The Morgan fingerprint density at radius 2 is 1.69 bits per heavy atom. The van der Waals surface area contributed by atoms with Crippen LogP contribution in [0.25, 0.3) is 6.08 Å². The molecule has 0 saturated heterocycles. The van der Waals surface area contributed by atoms with Crippen LogP contribution in [0.5, 0.6) is 17.2 Å². The van der Waals surface area contributed by atoms with E-state index in [1.165, 1.54) is 0 Å². The second-order valence-corrected chi connectivity index (χ2v) is 7.65. The van der Waals surface area contributed by atoms with Crippen LogP contribution in [0.2, 0.25) is 0 Å². The maximum absolute atomic E-state index is 6.32. The van der Waals surface area contributed by atoms with Crippen molar-refractivity contribution in [1.82, 2.24) is 0 Å². The van der Waals surface area contributed by atoms with Gasteiger partial charge in [-0.2, -0.15) is 0 Å². The molecule has 2 rings (SSSR count). The third-order valence-electron chi connectivity index (χ3n) is 4.19. The van der Waals surface area contributed by atoms with Gasteiger partial charge in [0.05, 0.1) is 0 Å². The molecule has 1 aliphatic rings. The molecular formula is C20H28CrO5. The van der Waals surface area contributed by atoms with Crippen molar-refractivity contribution in [1.29, 1.82) is 0 Å². The molecule has 0 aliphatic heterocycles. The first-order chi connectivity index (χ1) is 12.3. The Morgan fingerprint density at radius 3 is 2.19 bits per heavy atom. The zero-order chi connectivity index (χ0) is 19.5. The van der Waals surface area contributed by atoms with Crippen molar-refractivity contribution in [3.8, 4) is 17.2 Å². The van der Waals surface area contributed by atoms with Crippen LogP contribution in [0.4, 0.5) is 0 Å². The summed E-state index contributed by atoms with van der Waals surface area (Å²) in [5.74, 6) is 1.89. The molecule has 1 unspecified atom stereocenters. The summed E-state index contributed by atoms with van der Waals surface area (Å²) in [6, 6.07) is 2.01. The van der Waals surface area contributed by atoms with Crippen molar-refractivity contribution in [2.45, 2.75) is 45.3 Å². The minimum atomic E-state index is -0.270. The van der Waals surface area contributed by atoms with E-state index in [2.05, 4.69) is 42.7 Å². The molecule has 0 saturated carbocycles. The van der Waals surface area contributed by atoms with Crippen LogP contribution in [0.3, 0.4) is 0 Å². The van der Waals surface area contributed by atoms with E-state index in [1.807, 2.05) is 6.07 Å². The molecule has 0 heterocycles. The Kier molecular flexibility index (Phi) is 6.93. The fourth-order valence-corrected chi connectivity index (χ4v) is 3.44. The first kappa shape index (κ1) is 21.0. The van der Waals surface area contributed by atoms with Crippen molar-refractivity contribution < 1.29 is 39.5 Å². The van der Waals surface area contributed by atoms with E-state index in [9.17, 15) is 0 Å². The minimum absolute atomic E-state index is 0.0969. The van der Waals surface area contributed by atoms with E-state index in [0.717, 1.165) is 29.5 Å². The molecule has 1 aliphatic carbocycles. The Bertz CT molecular complexity index is 703. The van der Waals surface area contributed by atoms with Crippen molar-refractivity contribution >= 4 is 10.6 Å². The first-order valence-electron chi connectivity index (χ1n) is 8.55. The van der Waals surface area contributed by atoms with Gasteiger partial charge in [-0.25, -0.2) is 0 Å². The topological polar surface area (TPSA) is 46.2 Å². The summed E-state index contributed by atoms with van der Waals surface area (Å²) in [5, 5.41) is 0. The van der Waals surface area contributed by atoms with E-state index >= 15 is 0 Å². The van der Waals surface area contributed by atoms with Gasteiger partial charge in [-0.05, 0) is 0 Å².